The van der Waals surface area contributed by atoms with Crippen LogP contribution in [0.3, 0.4) is 0 Å². The summed E-state index contributed by atoms with van der Waals surface area (Å²) in [6, 6.07) is 6.10. The average molecular weight is 419 g/mol. The highest BCUT2D eigenvalue weighted by Crippen LogP contribution is 2.38. The number of halogens is 4. The van der Waals surface area contributed by atoms with Crippen molar-refractivity contribution in [2.24, 2.45) is 0 Å². The smallest absolute Gasteiger partial charge is 0.461 e. The number of nitro benzene ring substituents is 1. The van der Waals surface area contributed by atoms with Gasteiger partial charge in [0, 0.05) is 6.07 Å². The van der Waals surface area contributed by atoms with Crippen LogP contribution in [0.25, 0.3) is 0 Å². The van der Waals surface area contributed by atoms with E-state index in [2.05, 4.69) is 9.47 Å². The van der Waals surface area contributed by atoms with Crippen molar-refractivity contribution in [2.45, 2.75) is 12.5 Å². The van der Waals surface area contributed by atoms with Crippen molar-refractivity contribution in [2.75, 3.05) is 14.2 Å². The molecule has 8 nitrogen and oxygen atoms in total. The molecule has 0 N–H and O–H groups in total. The Labute approximate surface area is 160 Å². The maximum atomic E-state index is 12.9. The zero-order valence-electron chi connectivity index (χ0n) is 14.9. The normalized spacial score (nSPS) is 11.1. The quantitative estimate of drug-likeness (QED) is 0.270. The zero-order valence-corrected chi connectivity index (χ0v) is 14.9. The molecule has 0 unspecified atom stereocenters. The first-order valence-electron chi connectivity index (χ1n) is 7.66. The first kappa shape index (κ1) is 21.7. The second-order valence-corrected chi connectivity index (χ2v) is 5.31. The van der Waals surface area contributed by atoms with Crippen LogP contribution in [0.5, 0.6) is 23.0 Å². The summed E-state index contributed by atoms with van der Waals surface area (Å²) in [5.41, 5.74) is -0.996. The number of nitro groups is 1. The predicted octanol–water partition coefficient (Wildman–Crippen LogP) is 4.42. The number of methoxy groups -OCH3 is 2. The molecule has 0 heterocycles. The Morgan fingerprint density at radius 3 is 2.14 bits per heavy atom. The van der Waals surface area contributed by atoms with E-state index < -0.39 is 40.4 Å². The van der Waals surface area contributed by atoms with Crippen molar-refractivity contribution in [3.8, 4) is 23.0 Å². The third-order valence-corrected chi connectivity index (χ3v) is 3.44. The number of benzene rings is 2. The van der Waals surface area contributed by atoms with Gasteiger partial charge in [-0.1, -0.05) is 0 Å². The van der Waals surface area contributed by atoms with Crippen LogP contribution < -0.4 is 14.2 Å². The van der Waals surface area contributed by atoms with Gasteiger partial charge in [-0.25, -0.2) is 4.79 Å². The fraction of sp³-hybridized carbons (Fsp3) is 0.235. The van der Waals surface area contributed by atoms with E-state index >= 15 is 0 Å². The number of carbonyl (C=O) groups excluding carboxylic acids is 1. The van der Waals surface area contributed by atoms with E-state index in [1.807, 2.05) is 0 Å². The molecular weight excluding hydrogens is 406 g/mol. The van der Waals surface area contributed by atoms with Crippen LogP contribution in [0, 0.1) is 10.1 Å². The highest BCUT2D eigenvalue weighted by atomic mass is 19.3. The van der Waals surface area contributed by atoms with Crippen LogP contribution in [0.4, 0.5) is 23.2 Å². The third kappa shape index (κ3) is 5.03. The molecule has 0 fully saturated rings. The van der Waals surface area contributed by atoms with Crippen LogP contribution >= 0.6 is 0 Å². The lowest BCUT2D eigenvalue weighted by Crippen LogP contribution is -2.33. The van der Waals surface area contributed by atoms with Crippen molar-refractivity contribution in [1.82, 2.24) is 0 Å². The van der Waals surface area contributed by atoms with Gasteiger partial charge < -0.3 is 18.9 Å². The maximum Gasteiger partial charge on any atom is 0.461 e. The van der Waals surface area contributed by atoms with Crippen LogP contribution in [-0.4, -0.2) is 37.6 Å². The molecule has 2 aromatic rings. The molecule has 12 heteroatoms. The lowest BCUT2D eigenvalue weighted by Gasteiger charge is -2.17. The van der Waals surface area contributed by atoms with Gasteiger partial charge in [-0.2, -0.15) is 17.6 Å². The summed E-state index contributed by atoms with van der Waals surface area (Å²) in [6.07, 6.45) is -8.68. The number of nitrogens with zero attached hydrogens (tertiary/aromatic N) is 1. The maximum absolute atomic E-state index is 12.9. The number of hydrogen-bond donors (Lipinski definition) is 0. The molecule has 0 aliphatic heterocycles. The van der Waals surface area contributed by atoms with Gasteiger partial charge in [0.15, 0.2) is 11.5 Å². The van der Waals surface area contributed by atoms with Crippen LogP contribution in [0.2, 0.25) is 0 Å². The number of esters is 1. The molecule has 2 rings (SSSR count). The fourth-order valence-electron chi connectivity index (χ4n) is 2.12. The minimum Gasteiger partial charge on any atom is -0.493 e. The van der Waals surface area contributed by atoms with E-state index in [4.69, 9.17) is 9.47 Å². The second-order valence-electron chi connectivity index (χ2n) is 5.31. The molecule has 0 radical (unpaired) electrons. The molecule has 0 aliphatic carbocycles. The van der Waals surface area contributed by atoms with E-state index in [1.165, 1.54) is 7.11 Å². The van der Waals surface area contributed by atoms with Gasteiger partial charge in [0.25, 0.3) is 5.69 Å². The summed E-state index contributed by atoms with van der Waals surface area (Å²) in [6.45, 7) is 0. The standard InChI is InChI=1S/C17H13F4NO7/c1-26-13-8-12(22(24)25)11(15(23)27-2)7-14(13)28-9-3-5-10(6-4-9)29-17(20,21)16(18)19/h3-8,16H,1-2H3. The van der Waals surface area contributed by atoms with Gasteiger partial charge in [-0.3, -0.25) is 10.1 Å². The Hall–Kier alpha value is -3.57. The summed E-state index contributed by atoms with van der Waals surface area (Å²) in [7, 11) is 2.23. The molecule has 2 aromatic carbocycles. The van der Waals surface area contributed by atoms with Gasteiger partial charge in [-0.15, -0.1) is 0 Å². The number of ether oxygens (including phenoxy) is 4. The molecule has 29 heavy (non-hydrogen) atoms. The summed E-state index contributed by atoms with van der Waals surface area (Å²) < 4.78 is 69.1. The van der Waals surface area contributed by atoms with Crippen molar-refractivity contribution in [3.63, 3.8) is 0 Å². The first-order chi connectivity index (χ1) is 13.6. The van der Waals surface area contributed by atoms with E-state index in [-0.39, 0.29) is 17.2 Å². The zero-order chi connectivity index (χ0) is 21.8. The number of rotatable bonds is 8. The van der Waals surface area contributed by atoms with Gasteiger partial charge in [0.1, 0.15) is 17.1 Å². The van der Waals surface area contributed by atoms with Crippen LogP contribution in [0.15, 0.2) is 36.4 Å². The Morgan fingerprint density at radius 2 is 1.66 bits per heavy atom. The monoisotopic (exact) mass is 419 g/mol. The van der Waals surface area contributed by atoms with Gasteiger partial charge in [0.2, 0.25) is 0 Å². The van der Waals surface area contributed by atoms with Crippen molar-refractivity contribution >= 4 is 11.7 Å². The predicted molar refractivity (Wildman–Crippen MR) is 89.1 cm³/mol. The molecule has 0 aliphatic rings. The van der Waals surface area contributed by atoms with Crippen molar-refractivity contribution < 1.29 is 46.2 Å². The minimum atomic E-state index is -4.67. The number of carbonyl (C=O) groups is 1. The van der Waals surface area contributed by atoms with Crippen molar-refractivity contribution in [3.05, 3.63) is 52.1 Å². The molecule has 0 saturated heterocycles. The summed E-state index contributed by atoms with van der Waals surface area (Å²) >= 11 is 0. The minimum absolute atomic E-state index is 0.0145. The highest BCUT2D eigenvalue weighted by Gasteiger charge is 2.43. The Balaban J connectivity index is 2.33. The van der Waals surface area contributed by atoms with Gasteiger partial charge >= 0.3 is 18.5 Å². The molecular formula is C17H13F4NO7. The Kier molecular flexibility index (Phi) is 6.46. The Morgan fingerprint density at radius 1 is 1.07 bits per heavy atom. The molecule has 0 aromatic heterocycles. The SMILES string of the molecule is COC(=O)c1cc(Oc2ccc(OC(F)(F)C(F)F)cc2)c(OC)cc1[N+](=O)[O-]. The lowest BCUT2D eigenvalue weighted by atomic mass is 10.1. The van der Waals surface area contributed by atoms with Crippen molar-refractivity contribution in [1.29, 1.82) is 0 Å². The first-order valence-corrected chi connectivity index (χ1v) is 7.66. The van der Waals surface area contributed by atoms with E-state index in [0.717, 1.165) is 43.5 Å². The van der Waals surface area contributed by atoms with Gasteiger partial charge in [0.05, 0.1) is 25.2 Å². The summed E-state index contributed by atoms with van der Waals surface area (Å²) in [5.74, 6) is -1.75. The lowest BCUT2D eigenvalue weighted by molar-refractivity contribution is -0.385. The third-order valence-electron chi connectivity index (χ3n) is 3.44. The number of hydrogen-bond acceptors (Lipinski definition) is 7. The van der Waals surface area contributed by atoms with E-state index in [9.17, 15) is 32.5 Å². The van der Waals surface area contributed by atoms with Crippen LogP contribution in [-0.2, 0) is 4.74 Å². The molecule has 0 spiro atoms. The average Bonchev–Trinajstić information content (AvgIpc) is 2.68. The molecule has 0 bridgehead atoms. The molecule has 0 atom stereocenters. The highest BCUT2D eigenvalue weighted by molar-refractivity contribution is 5.95. The number of alkyl halides is 4. The van der Waals surface area contributed by atoms with Gasteiger partial charge in [-0.05, 0) is 24.3 Å². The largest absolute Gasteiger partial charge is 0.493 e. The molecule has 156 valence electrons. The van der Waals surface area contributed by atoms with E-state index in [0.29, 0.717) is 0 Å². The Bertz CT molecular complexity index is 903. The topological polar surface area (TPSA) is 97.1 Å². The summed E-state index contributed by atoms with van der Waals surface area (Å²) in [5, 5.41) is 11.2. The second kappa shape index (κ2) is 8.63. The molecule has 0 saturated carbocycles. The van der Waals surface area contributed by atoms with Crippen LogP contribution in [0.1, 0.15) is 10.4 Å². The fourth-order valence-corrected chi connectivity index (χ4v) is 2.12. The summed E-state index contributed by atoms with van der Waals surface area (Å²) in [4.78, 5) is 22.1. The molecule has 0 amide bonds. The van der Waals surface area contributed by atoms with E-state index in [1.54, 1.807) is 0 Å².